The monoisotopic (exact) mass is 313 g/mol. The molecule has 0 spiro atoms. The molecule has 0 bridgehead atoms. The molecule has 1 rings (SSSR count). The molecule has 0 aliphatic carbocycles. The Morgan fingerprint density at radius 3 is 2.19 bits per heavy atom. The molecule has 5 nitrogen and oxygen atoms in total. The first-order chi connectivity index (χ1) is 9.63. The SMILES string of the molecule is CC(C)[C@@H](NC(=O)C(C)(C)Oc1ccc(Cl)cc1)C(=O)O. The Morgan fingerprint density at radius 2 is 1.76 bits per heavy atom. The third-order valence-electron chi connectivity index (χ3n) is 2.95. The van der Waals surface area contributed by atoms with Crippen LogP contribution in [-0.2, 0) is 9.59 Å². The van der Waals surface area contributed by atoms with Crippen LogP contribution < -0.4 is 10.1 Å². The molecule has 0 radical (unpaired) electrons. The van der Waals surface area contributed by atoms with Crippen LogP contribution in [0.15, 0.2) is 24.3 Å². The Labute approximate surface area is 129 Å². The van der Waals surface area contributed by atoms with Crippen molar-refractivity contribution in [1.29, 1.82) is 0 Å². The van der Waals surface area contributed by atoms with Crippen molar-refractivity contribution in [3.05, 3.63) is 29.3 Å². The van der Waals surface area contributed by atoms with Crippen molar-refractivity contribution in [1.82, 2.24) is 5.32 Å². The fourth-order valence-corrected chi connectivity index (χ4v) is 1.80. The largest absolute Gasteiger partial charge is 0.480 e. The maximum Gasteiger partial charge on any atom is 0.326 e. The van der Waals surface area contributed by atoms with Crippen molar-refractivity contribution >= 4 is 23.5 Å². The summed E-state index contributed by atoms with van der Waals surface area (Å²) in [6.45, 7) is 6.62. The third-order valence-corrected chi connectivity index (χ3v) is 3.20. The molecule has 0 saturated carbocycles. The maximum absolute atomic E-state index is 12.2. The summed E-state index contributed by atoms with van der Waals surface area (Å²) in [6, 6.07) is 5.65. The van der Waals surface area contributed by atoms with Crippen molar-refractivity contribution in [2.45, 2.75) is 39.3 Å². The summed E-state index contributed by atoms with van der Waals surface area (Å²) >= 11 is 5.78. The highest BCUT2D eigenvalue weighted by atomic mass is 35.5. The maximum atomic E-state index is 12.2. The zero-order valence-corrected chi connectivity index (χ0v) is 13.3. The molecule has 0 heterocycles. The number of carboxylic acid groups (broad SMARTS) is 1. The van der Waals surface area contributed by atoms with Gasteiger partial charge in [0.15, 0.2) is 5.60 Å². The lowest BCUT2D eigenvalue weighted by Crippen LogP contribution is -2.53. The molecular weight excluding hydrogens is 294 g/mol. The summed E-state index contributed by atoms with van der Waals surface area (Å²) in [7, 11) is 0. The Morgan fingerprint density at radius 1 is 1.24 bits per heavy atom. The van der Waals surface area contributed by atoms with E-state index in [2.05, 4.69) is 5.32 Å². The van der Waals surface area contributed by atoms with Crippen molar-refractivity contribution in [2.75, 3.05) is 0 Å². The van der Waals surface area contributed by atoms with Crippen molar-refractivity contribution in [3.8, 4) is 5.75 Å². The second-order valence-electron chi connectivity index (χ2n) is 5.60. The van der Waals surface area contributed by atoms with E-state index < -0.39 is 23.5 Å². The predicted octanol–water partition coefficient (Wildman–Crippen LogP) is 2.72. The van der Waals surface area contributed by atoms with E-state index in [4.69, 9.17) is 21.4 Å². The molecule has 21 heavy (non-hydrogen) atoms. The molecule has 0 fully saturated rings. The van der Waals surface area contributed by atoms with Gasteiger partial charge in [0.05, 0.1) is 0 Å². The number of aliphatic carboxylic acids is 1. The normalized spacial score (nSPS) is 12.9. The number of carboxylic acids is 1. The van der Waals surface area contributed by atoms with Crippen LogP contribution in [0, 0.1) is 5.92 Å². The van der Waals surface area contributed by atoms with Crippen molar-refractivity contribution in [2.24, 2.45) is 5.92 Å². The molecule has 1 atom stereocenters. The number of hydrogen-bond acceptors (Lipinski definition) is 3. The Hall–Kier alpha value is -1.75. The zero-order chi connectivity index (χ0) is 16.2. The quantitative estimate of drug-likeness (QED) is 0.846. The van der Waals surface area contributed by atoms with Gasteiger partial charge in [-0.3, -0.25) is 4.79 Å². The standard InChI is InChI=1S/C15H20ClNO4/c1-9(2)12(13(18)19)17-14(20)15(3,4)21-11-7-5-10(16)6-8-11/h5-9,12H,1-4H3,(H,17,20)(H,18,19)/t12-/m1/s1. The van der Waals surface area contributed by atoms with Gasteiger partial charge in [-0.25, -0.2) is 4.79 Å². The predicted molar refractivity (Wildman–Crippen MR) is 80.6 cm³/mol. The molecule has 1 aromatic carbocycles. The van der Waals surface area contributed by atoms with Gasteiger partial charge in [0, 0.05) is 5.02 Å². The minimum absolute atomic E-state index is 0.224. The molecule has 0 aromatic heterocycles. The van der Waals surface area contributed by atoms with Gasteiger partial charge in [-0.15, -0.1) is 0 Å². The van der Waals surface area contributed by atoms with E-state index in [0.717, 1.165) is 0 Å². The van der Waals surface area contributed by atoms with Crippen LogP contribution >= 0.6 is 11.6 Å². The van der Waals surface area contributed by atoms with Gasteiger partial charge in [0.1, 0.15) is 11.8 Å². The number of carbonyl (C=O) groups excluding carboxylic acids is 1. The number of rotatable bonds is 6. The summed E-state index contributed by atoms with van der Waals surface area (Å²) < 4.78 is 5.62. The molecule has 1 aromatic rings. The second-order valence-corrected chi connectivity index (χ2v) is 6.04. The van der Waals surface area contributed by atoms with Crippen LogP contribution in [0.4, 0.5) is 0 Å². The van der Waals surface area contributed by atoms with Crippen LogP contribution in [0.2, 0.25) is 5.02 Å². The van der Waals surface area contributed by atoms with Crippen molar-refractivity contribution < 1.29 is 19.4 Å². The molecule has 0 aliphatic rings. The first kappa shape index (κ1) is 17.3. The Kier molecular flexibility index (Phi) is 5.61. The molecular formula is C15H20ClNO4. The molecule has 0 aliphatic heterocycles. The minimum Gasteiger partial charge on any atom is -0.480 e. The Bertz CT molecular complexity index is 511. The highest BCUT2D eigenvalue weighted by Crippen LogP contribution is 2.21. The number of amides is 1. The lowest BCUT2D eigenvalue weighted by Gasteiger charge is -2.28. The van der Waals surface area contributed by atoms with Gasteiger partial charge >= 0.3 is 5.97 Å². The molecule has 0 unspecified atom stereocenters. The van der Waals surface area contributed by atoms with Crippen LogP contribution in [0.3, 0.4) is 0 Å². The van der Waals surface area contributed by atoms with Crippen LogP contribution in [0.1, 0.15) is 27.7 Å². The lowest BCUT2D eigenvalue weighted by atomic mass is 10.0. The van der Waals surface area contributed by atoms with Gasteiger partial charge in [0.25, 0.3) is 5.91 Å². The van der Waals surface area contributed by atoms with Gasteiger partial charge in [-0.05, 0) is 44.0 Å². The van der Waals surface area contributed by atoms with Gasteiger partial charge in [-0.2, -0.15) is 0 Å². The fraction of sp³-hybridized carbons (Fsp3) is 0.467. The van der Waals surface area contributed by atoms with Crippen LogP contribution in [-0.4, -0.2) is 28.6 Å². The third kappa shape index (κ3) is 4.93. The molecule has 2 N–H and O–H groups in total. The summed E-state index contributed by atoms with van der Waals surface area (Å²) in [4.78, 5) is 23.4. The first-order valence-corrected chi connectivity index (χ1v) is 6.99. The van der Waals surface area contributed by atoms with Crippen LogP contribution in [0.5, 0.6) is 5.75 Å². The van der Waals surface area contributed by atoms with E-state index in [0.29, 0.717) is 10.8 Å². The van der Waals surface area contributed by atoms with E-state index >= 15 is 0 Å². The molecule has 0 saturated heterocycles. The minimum atomic E-state index is -1.20. The molecule has 6 heteroatoms. The average molecular weight is 314 g/mol. The second kappa shape index (κ2) is 6.80. The number of halogens is 1. The molecule has 116 valence electrons. The number of nitrogens with one attached hydrogen (secondary N) is 1. The van der Waals surface area contributed by atoms with Gasteiger partial charge in [0.2, 0.25) is 0 Å². The summed E-state index contributed by atoms with van der Waals surface area (Å²) in [5, 5.41) is 12.2. The van der Waals surface area contributed by atoms with Gasteiger partial charge < -0.3 is 15.2 Å². The smallest absolute Gasteiger partial charge is 0.326 e. The summed E-state index contributed by atoms with van der Waals surface area (Å²) in [6.07, 6.45) is 0. The first-order valence-electron chi connectivity index (χ1n) is 6.62. The number of ether oxygens (including phenoxy) is 1. The molecule has 1 amide bonds. The fourth-order valence-electron chi connectivity index (χ4n) is 1.67. The number of benzene rings is 1. The van der Waals surface area contributed by atoms with E-state index in [1.54, 1.807) is 52.0 Å². The average Bonchev–Trinajstić information content (AvgIpc) is 2.37. The lowest BCUT2D eigenvalue weighted by molar-refractivity contribution is -0.146. The van der Waals surface area contributed by atoms with E-state index in [-0.39, 0.29) is 5.92 Å². The number of carbonyl (C=O) groups is 2. The topological polar surface area (TPSA) is 75.6 Å². The van der Waals surface area contributed by atoms with E-state index in [1.807, 2.05) is 0 Å². The highest BCUT2D eigenvalue weighted by Gasteiger charge is 2.34. The number of hydrogen-bond donors (Lipinski definition) is 2. The summed E-state index contributed by atoms with van der Waals surface area (Å²) in [5.41, 5.74) is -1.20. The highest BCUT2D eigenvalue weighted by molar-refractivity contribution is 6.30. The van der Waals surface area contributed by atoms with Crippen LogP contribution in [0.25, 0.3) is 0 Å². The van der Waals surface area contributed by atoms with Crippen molar-refractivity contribution in [3.63, 3.8) is 0 Å². The van der Waals surface area contributed by atoms with E-state index in [9.17, 15) is 9.59 Å². The summed E-state index contributed by atoms with van der Waals surface area (Å²) in [5.74, 6) is -1.30. The zero-order valence-electron chi connectivity index (χ0n) is 12.5. The Balaban J connectivity index is 2.79. The van der Waals surface area contributed by atoms with Gasteiger partial charge in [-0.1, -0.05) is 25.4 Å². The van der Waals surface area contributed by atoms with E-state index in [1.165, 1.54) is 0 Å².